The molecule has 0 aromatic carbocycles. The number of hydrogen-bond acceptors (Lipinski definition) is 3. The number of allylic oxidation sites excluding steroid dienone is 2. The predicted molar refractivity (Wildman–Crippen MR) is 77.0 cm³/mol. The van der Waals surface area contributed by atoms with Crippen LogP contribution in [0, 0.1) is 0 Å². The number of hydrogen-bond donors (Lipinski definition) is 1. The van der Waals surface area contributed by atoms with Gasteiger partial charge in [0.15, 0.2) is 0 Å². The summed E-state index contributed by atoms with van der Waals surface area (Å²) in [4.78, 5) is 6.45. The lowest BCUT2D eigenvalue weighted by Gasteiger charge is -2.27. The molecule has 1 aromatic rings. The third-order valence-corrected chi connectivity index (χ3v) is 2.64. The van der Waals surface area contributed by atoms with E-state index in [1.54, 1.807) is 12.5 Å². The molecule has 2 rings (SSSR count). The van der Waals surface area contributed by atoms with Gasteiger partial charge >= 0.3 is 0 Å². The molecule has 0 bridgehead atoms. The molecule has 0 aliphatic carbocycles. The van der Waals surface area contributed by atoms with Gasteiger partial charge in [0.05, 0.1) is 18.5 Å². The van der Waals surface area contributed by atoms with Crippen LogP contribution in [-0.4, -0.2) is 29.7 Å². The summed E-state index contributed by atoms with van der Waals surface area (Å²) >= 11 is 0. The summed E-state index contributed by atoms with van der Waals surface area (Å²) in [6, 6.07) is 3.91. The third kappa shape index (κ3) is 3.58. The van der Waals surface area contributed by atoms with E-state index in [1.807, 2.05) is 42.3 Å². The van der Waals surface area contributed by atoms with Crippen molar-refractivity contribution in [3.05, 3.63) is 48.6 Å². The Morgan fingerprint density at radius 2 is 2.42 bits per heavy atom. The van der Waals surface area contributed by atoms with Gasteiger partial charge in [-0.2, -0.15) is 5.10 Å². The highest BCUT2D eigenvalue weighted by Crippen LogP contribution is 2.08. The number of aliphatic imine (C=N–C) groups is 1. The minimum Gasteiger partial charge on any atom is -0.463 e. The Bertz CT molecular complexity index is 500. The lowest BCUT2D eigenvalue weighted by molar-refractivity contribution is 0.472. The highest BCUT2D eigenvalue weighted by molar-refractivity contribution is 5.83. The van der Waals surface area contributed by atoms with Gasteiger partial charge < -0.3 is 9.32 Å². The zero-order valence-corrected chi connectivity index (χ0v) is 11.2. The number of rotatable bonds is 3. The summed E-state index contributed by atoms with van der Waals surface area (Å²) in [5.74, 6) is 1.42. The first-order chi connectivity index (χ1) is 9.31. The van der Waals surface area contributed by atoms with E-state index in [0.717, 1.165) is 5.96 Å². The van der Waals surface area contributed by atoms with E-state index in [0.29, 0.717) is 12.3 Å². The molecular formula is C14H18N4O. The van der Waals surface area contributed by atoms with Gasteiger partial charge in [0.1, 0.15) is 5.76 Å². The molecule has 1 unspecified atom stereocenters. The number of furan rings is 1. The maximum absolute atomic E-state index is 5.17. The summed E-state index contributed by atoms with van der Waals surface area (Å²) in [5.41, 5.74) is 2.96. The second-order valence-electron chi connectivity index (χ2n) is 4.06. The third-order valence-electron chi connectivity index (χ3n) is 2.64. The summed E-state index contributed by atoms with van der Waals surface area (Å²) in [6.45, 7) is 4.79. The summed E-state index contributed by atoms with van der Waals surface area (Å²) in [7, 11) is 0. The molecule has 0 saturated carbocycles. The van der Waals surface area contributed by atoms with Crippen molar-refractivity contribution in [1.82, 2.24) is 10.3 Å². The van der Waals surface area contributed by atoms with E-state index >= 15 is 0 Å². The monoisotopic (exact) mass is 258 g/mol. The Labute approximate surface area is 113 Å². The fourth-order valence-electron chi connectivity index (χ4n) is 1.70. The Balaban J connectivity index is 2.03. The van der Waals surface area contributed by atoms with Crippen LogP contribution in [-0.2, 0) is 0 Å². The number of hydrazone groups is 1. The SMILES string of the molecule is CCN=C(N/N=C/c1ccco1)N1C=CC=CC1C. The summed E-state index contributed by atoms with van der Waals surface area (Å²) in [5, 5.41) is 4.14. The first kappa shape index (κ1) is 13.1. The Morgan fingerprint density at radius 1 is 1.53 bits per heavy atom. The van der Waals surface area contributed by atoms with Crippen LogP contribution in [0.2, 0.25) is 0 Å². The van der Waals surface area contributed by atoms with E-state index in [2.05, 4.69) is 28.5 Å². The smallest absolute Gasteiger partial charge is 0.219 e. The minimum absolute atomic E-state index is 0.251. The van der Waals surface area contributed by atoms with Crippen molar-refractivity contribution in [2.24, 2.45) is 10.1 Å². The van der Waals surface area contributed by atoms with Gasteiger partial charge in [-0.05, 0) is 32.1 Å². The molecular weight excluding hydrogens is 240 g/mol. The van der Waals surface area contributed by atoms with Gasteiger partial charge in [-0.3, -0.25) is 4.99 Å². The van der Waals surface area contributed by atoms with E-state index < -0.39 is 0 Å². The lowest BCUT2D eigenvalue weighted by Crippen LogP contribution is -2.41. The van der Waals surface area contributed by atoms with E-state index in [-0.39, 0.29) is 6.04 Å². The van der Waals surface area contributed by atoms with Crippen LogP contribution < -0.4 is 5.43 Å². The highest BCUT2D eigenvalue weighted by Gasteiger charge is 2.14. The molecule has 1 aliphatic heterocycles. The predicted octanol–water partition coefficient (Wildman–Crippen LogP) is 2.35. The van der Waals surface area contributed by atoms with Crippen molar-refractivity contribution in [2.45, 2.75) is 19.9 Å². The topological polar surface area (TPSA) is 53.1 Å². The largest absolute Gasteiger partial charge is 0.463 e. The minimum atomic E-state index is 0.251. The van der Waals surface area contributed by atoms with Gasteiger partial charge in [-0.15, -0.1) is 0 Å². The van der Waals surface area contributed by atoms with Gasteiger partial charge in [-0.25, -0.2) is 5.43 Å². The van der Waals surface area contributed by atoms with Gasteiger partial charge in [0.25, 0.3) is 0 Å². The summed E-state index contributed by atoms with van der Waals surface area (Å²) in [6.07, 6.45) is 11.3. The molecule has 5 heteroatoms. The maximum atomic E-state index is 5.17. The van der Waals surface area contributed by atoms with Crippen LogP contribution in [0.25, 0.3) is 0 Å². The van der Waals surface area contributed by atoms with Gasteiger partial charge in [0, 0.05) is 12.7 Å². The van der Waals surface area contributed by atoms with Crippen molar-refractivity contribution in [3.63, 3.8) is 0 Å². The molecule has 0 radical (unpaired) electrons. The molecule has 1 aromatic heterocycles. The number of nitrogens with zero attached hydrogens (tertiary/aromatic N) is 3. The lowest BCUT2D eigenvalue weighted by atomic mass is 10.2. The fraction of sp³-hybridized carbons (Fsp3) is 0.286. The molecule has 5 nitrogen and oxygen atoms in total. The Kier molecular flexibility index (Phi) is 4.55. The second kappa shape index (κ2) is 6.58. The zero-order chi connectivity index (χ0) is 13.5. The van der Waals surface area contributed by atoms with Crippen molar-refractivity contribution >= 4 is 12.2 Å². The second-order valence-corrected chi connectivity index (χ2v) is 4.06. The molecule has 0 saturated heterocycles. The van der Waals surface area contributed by atoms with Crippen LogP contribution in [0.1, 0.15) is 19.6 Å². The standard InChI is InChI=1S/C14H18N4O/c1-3-15-14(18-9-5-4-7-12(18)2)17-16-11-13-8-6-10-19-13/h4-12H,3H2,1-2H3,(H,15,17)/b16-11+. The molecule has 1 N–H and O–H groups in total. The van der Waals surface area contributed by atoms with E-state index in [4.69, 9.17) is 4.42 Å². The van der Waals surface area contributed by atoms with Crippen LogP contribution in [0.15, 0.2) is 57.3 Å². The molecule has 1 aliphatic rings. The first-order valence-corrected chi connectivity index (χ1v) is 6.31. The normalized spacial score (nSPS) is 19.4. The molecule has 0 spiro atoms. The van der Waals surface area contributed by atoms with Crippen molar-refractivity contribution < 1.29 is 4.42 Å². The number of nitrogens with one attached hydrogen (secondary N) is 1. The van der Waals surface area contributed by atoms with Crippen LogP contribution in [0.3, 0.4) is 0 Å². The van der Waals surface area contributed by atoms with E-state index in [9.17, 15) is 0 Å². The summed E-state index contributed by atoms with van der Waals surface area (Å²) < 4.78 is 5.17. The van der Waals surface area contributed by atoms with Crippen LogP contribution >= 0.6 is 0 Å². The zero-order valence-electron chi connectivity index (χ0n) is 11.2. The number of guanidine groups is 1. The van der Waals surface area contributed by atoms with Crippen molar-refractivity contribution in [2.75, 3.05) is 6.54 Å². The fourth-order valence-corrected chi connectivity index (χ4v) is 1.70. The molecule has 2 heterocycles. The van der Waals surface area contributed by atoms with E-state index in [1.165, 1.54) is 0 Å². The van der Waals surface area contributed by atoms with Gasteiger partial charge in [-0.1, -0.05) is 12.2 Å². The average molecular weight is 258 g/mol. The first-order valence-electron chi connectivity index (χ1n) is 6.31. The Morgan fingerprint density at radius 3 is 3.11 bits per heavy atom. The molecule has 0 fully saturated rings. The Hall–Kier alpha value is -2.30. The van der Waals surface area contributed by atoms with Crippen LogP contribution in [0.5, 0.6) is 0 Å². The molecule has 1 atom stereocenters. The van der Waals surface area contributed by atoms with Crippen molar-refractivity contribution in [3.8, 4) is 0 Å². The average Bonchev–Trinajstić information content (AvgIpc) is 2.92. The van der Waals surface area contributed by atoms with Crippen LogP contribution in [0.4, 0.5) is 0 Å². The van der Waals surface area contributed by atoms with Gasteiger partial charge in [0.2, 0.25) is 5.96 Å². The molecule has 0 amide bonds. The quantitative estimate of drug-likeness (QED) is 0.514. The maximum Gasteiger partial charge on any atom is 0.219 e. The van der Waals surface area contributed by atoms with Crippen molar-refractivity contribution in [1.29, 1.82) is 0 Å². The highest BCUT2D eigenvalue weighted by atomic mass is 16.3. The molecule has 19 heavy (non-hydrogen) atoms. The molecule has 100 valence electrons.